The van der Waals surface area contributed by atoms with Gasteiger partial charge in [0.25, 0.3) is 0 Å². The van der Waals surface area contributed by atoms with E-state index < -0.39 is 5.60 Å². The number of fused-ring (bicyclic) bond motifs is 2. The third-order valence-electron chi connectivity index (χ3n) is 7.81. The van der Waals surface area contributed by atoms with Crippen LogP contribution in [0.5, 0.6) is 5.75 Å². The van der Waals surface area contributed by atoms with Gasteiger partial charge in [0.2, 0.25) is 0 Å². The first-order valence-electron chi connectivity index (χ1n) is 14.5. The van der Waals surface area contributed by atoms with Crippen LogP contribution < -0.4 is 10.1 Å². The molecule has 0 amide bonds. The maximum absolute atomic E-state index is 13.7. The summed E-state index contributed by atoms with van der Waals surface area (Å²) in [7, 11) is 0. The van der Waals surface area contributed by atoms with E-state index in [1.54, 1.807) is 12.1 Å². The highest BCUT2D eigenvalue weighted by molar-refractivity contribution is 5.82. The highest BCUT2D eigenvalue weighted by Crippen LogP contribution is 2.44. The lowest BCUT2D eigenvalue weighted by Crippen LogP contribution is -2.51. The normalized spacial score (nSPS) is 17.4. The van der Waals surface area contributed by atoms with Crippen molar-refractivity contribution in [3.63, 3.8) is 0 Å². The highest BCUT2D eigenvalue weighted by atomic mass is 19.1. The number of ether oxygens (including phenoxy) is 3. The average Bonchev–Trinajstić information content (AvgIpc) is 3.00. The molecule has 0 saturated heterocycles. The molecule has 6 rings (SSSR count). The Balaban J connectivity index is 1.26. The third-order valence-corrected chi connectivity index (χ3v) is 7.81. The fourth-order valence-electron chi connectivity index (χ4n) is 5.62. The van der Waals surface area contributed by atoms with Crippen molar-refractivity contribution in [2.24, 2.45) is 0 Å². The SMILES string of the molecule is CC1(C)Oc2ccc(NCc3cccc(F)c3)cc2C(OCCc2ccccc2)C1OCc1ccc2ccccc2c1. The molecule has 0 radical (unpaired) electrons. The molecule has 2 atom stereocenters. The van der Waals surface area contributed by atoms with E-state index in [-0.39, 0.29) is 18.0 Å². The zero-order valence-electron chi connectivity index (χ0n) is 24.1. The number of nitrogens with one attached hydrogen (secondary N) is 1. The molecule has 1 heterocycles. The number of hydrogen-bond donors (Lipinski definition) is 1. The van der Waals surface area contributed by atoms with Crippen LogP contribution in [0.1, 0.15) is 42.2 Å². The number of halogens is 1. The molecule has 42 heavy (non-hydrogen) atoms. The fraction of sp³-hybridized carbons (Fsp3) is 0.243. The van der Waals surface area contributed by atoms with Crippen molar-refractivity contribution in [3.8, 4) is 5.75 Å². The van der Waals surface area contributed by atoms with E-state index in [1.165, 1.54) is 22.4 Å². The molecule has 1 aliphatic rings. The summed E-state index contributed by atoms with van der Waals surface area (Å²) in [5.41, 5.74) is 4.42. The smallest absolute Gasteiger partial charge is 0.132 e. The molecular weight excluding hydrogens is 525 g/mol. The molecule has 0 bridgehead atoms. The molecule has 1 N–H and O–H groups in total. The molecule has 0 aliphatic carbocycles. The van der Waals surface area contributed by atoms with Crippen LogP contribution in [-0.2, 0) is 29.0 Å². The minimum absolute atomic E-state index is 0.242. The number of benzene rings is 5. The first-order valence-corrected chi connectivity index (χ1v) is 14.5. The Morgan fingerprint density at radius 1 is 0.738 bits per heavy atom. The van der Waals surface area contributed by atoms with E-state index in [0.29, 0.717) is 19.8 Å². The zero-order chi connectivity index (χ0) is 28.9. The Kier molecular flexibility index (Phi) is 8.22. The van der Waals surface area contributed by atoms with E-state index in [4.69, 9.17) is 14.2 Å². The first-order chi connectivity index (χ1) is 20.4. The summed E-state index contributed by atoms with van der Waals surface area (Å²) in [6.07, 6.45) is 0.0950. The van der Waals surface area contributed by atoms with Gasteiger partial charge in [0, 0.05) is 17.8 Å². The lowest BCUT2D eigenvalue weighted by Gasteiger charge is -2.44. The predicted octanol–water partition coefficient (Wildman–Crippen LogP) is 8.65. The molecule has 1 aliphatic heterocycles. The molecule has 4 nitrogen and oxygen atoms in total. The van der Waals surface area contributed by atoms with Gasteiger partial charge >= 0.3 is 0 Å². The maximum atomic E-state index is 13.7. The third kappa shape index (κ3) is 6.48. The topological polar surface area (TPSA) is 39.7 Å². The van der Waals surface area contributed by atoms with Crippen LogP contribution in [0.2, 0.25) is 0 Å². The van der Waals surface area contributed by atoms with Gasteiger partial charge in [-0.25, -0.2) is 4.39 Å². The van der Waals surface area contributed by atoms with Crippen molar-refractivity contribution < 1.29 is 18.6 Å². The van der Waals surface area contributed by atoms with Crippen molar-refractivity contribution in [2.75, 3.05) is 11.9 Å². The van der Waals surface area contributed by atoms with Gasteiger partial charge in [-0.3, -0.25) is 0 Å². The van der Waals surface area contributed by atoms with Gasteiger partial charge in [-0.1, -0.05) is 78.9 Å². The molecular formula is C37H36FNO3. The van der Waals surface area contributed by atoms with E-state index in [2.05, 4.69) is 79.8 Å². The molecule has 5 aromatic rings. The second kappa shape index (κ2) is 12.4. The molecule has 5 heteroatoms. The monoisotopic (exact) mass is 561 g/mol. The van der Waals surface area contributed by atoms with Gasteiger partial charge in [0.05, 0.1) is 13.2 Å². The maximum Gasteiger partial charge on any atom is 0.132 e. The number of rotatable bonds is 10. The van der Waals surface area contributed by atoms with Gasteiger partial charge in [0.15, 0.2) is 0 Å². The molecule has 0 saturated carbocycles. The van der Waals surface area contributed by atoms with E-state index >= 15 is 0 Å². The Labute approximate surface area is 247 Å². The minimum Gasteiger partial charge on any atom is -0.485 e. The van der Waals surface area contributed by atoms with Crippen LogP contribution in [0.3, 0.4) is 0 Å². The lowest BCUT2D eigenvalue weighted by atomic mass is 9.87. The molecule has 0 aromatic heterocycles. The Morgan fingerprint density at radius 2 is 1.52 bits per heavy atom. The molecule has 2 unspecified atom stereocenters. The van der Waals surface area contributed by atoms with Crippen molar-refractivity contribution in [1.29, 1.82) is 0 Å². The summed E-state index contributed by atoms with van der Waals surface area (Å²) in [5, 5.41) is 5.83. The van der Waals surface area contributed by atoms with Gasteiger partial charge in [-0.2, -0.15) is 0 Å². The average molecular weight is 562 g/mol. The summed E-state index contributed by atoms with van der Waals surface area (Å²) in [4.78, 5) is 0. The summed E-state index contributed by atoms with van der Waals surface area (Å²) < 4.78 is 33.6. The molecule has 0 fully saturated rings. The second-order valence-electron chi connectivity index (χ2n) is 11.4. The van der Waals surface area contributed by atoms with E-state index in [9.17, 15) is 4.39 Å². The summed E-state index contributed by atoms with van der Waals surface area (Å²) in [6, 6.07) is 37.8. The first kappa shape index (κ1) is 28.0. The lowest BCUT2D eigenvalue weighted by molar-refractivity contribution is -0.167. The van der Waals surface area contributed by atoms with Crippen LogP contribution in [0.15, 0.2) is 115 Å². The van der Waals surface area contributed by atoms with Crippen LogP contribution in [0.4, 0.5) is 10.1 Å². The Hall–Kier alpha value is -4.19. The van der Waals surface area contributed by atoms with E-state index in [1.807, 2.05) is 36.4 Å². The van der Waals surface area contributed by atoms with Crippen LogP contribution in [-0.4, -0.2) is 18.3 Å². The van der Waals surface area contributed by atoms with Crippen LogP contribution in [0.25, 0.3) is 10.8 Å². The predicted molar refractivity (Wildman–Crippen MR) is 166 cm³/mol. The quantitative estimate of drug-likeness (QED) is 0.185. The van der Waals surface area contributed by atoms with Crippen LogP contribution in [0, 0.1) is 5.82 Å². The van der Waals surface area contributed by atoms with Crippen LogP contribution >= 0.6 is 0 Å². The zero-order valence-corrected chi connectivity index (χ0v) is 24.1. The van der Waals surface area contributed by atoms with Crippen molar-refractivity contribution in [1.82, 2.24) is 0 Å². The van der Waals surface area contributed by atoms with E-state index in [0.717, 1.165) is 34.5 Å². The Bertz CT molecular complexity index is 1650. The standard InChI is InChI=1S/C37H36FNO3/c1-37(2)36(41-25-28-15-16-29-12-6-7-13-30(29)21-28)35(40-20-19-26-9-4-3-5-10-26)33-23-32(17-18-34(33)42-37)39-24-27-11-8-14-31(38)22-27/h3-18,21-23,35-36,39H,19-20,24-25H2,1-2H3. The number of anilines is 1. The largest absolute Gasteiger partial charge is 0.485 e. The minimum atomic E-state index is -0.627. The summed E-state index contributed by atoms with van der Waals surface area (Å²) in [5.74, 6) is 0.542. The van der Waals surface area contributed by atoms with Crippen molar-refractivity contribution >= 4 is 16.5 Å². The second-order valence-corrected chi connectivity index (χ2v) is 11.4. The fourth-order valence-corrected chi connectivity index (χ4v) is 5.62. The number of hydrogen-bond acceptors (Lipinski definition) is 4. The molecule has 214 valence electrons. The van der Waals surface area contributed by atoms with Gasteiger partial charge < -0.3 is 19.5 Å². The van der Waals surface area contributed by atoms with Gasteiger partial charge in [0.1, 0.15) is 29.4 Å². The molecule has 0 spiro atoms. The van der Waals surface area contributed by atoms with Crippen molar-refractivity contribution in [3.05, 3.63) is 143 Å². The molecule has 5 aromatic carbocycles. The highest BCUT2D eigenvalue weighted by Gasteiger charge is 2.45. The summed E-state index contributed by atoms with van der Waals surface area (Å²) in [6.45, 7) is 5.61. The summed E-state index contributed by atoms with van der Waals surface area (Å²) >= 11 is 0. The van der Waals surface area contributed by atoms with Gasteiger partial charge in [-0.05, 0) is 84.1 Å². The van der Waals surface area contributed by atoms with Gasteiger partial charge in [-0.15, -0.1) is 0 Å². The van der Waals surface area contributed by atoms with Crippen molar-refractivity contribution in [2.45, 2.75) is 51.2 Å². The Morgan fingerprint density at radius 3 is 2.36 bits per heavy atom.